The van der Waals surface area contributed by atoms with Crippen molar-refractivity contribution in [2.45, 2.75) is 0 Å². The van der Waals surface area contributed by atoms with Crippen molar-refractivity contribution in [3.05, 3.63) is 58.4 Å². The van der Waals surface area contributed by atoms with Crippen LogP contribution < -0.4 is 0 Å². The summed E-state index contributed by atoms with van der Waals surface area (Å²) in [5.74, 6) is -2.90. The highest BCUT2D eigenvalue weighted by molar-refractivity contribution is 6.33. The molecule has 2 rings (SSSR count). The zero-order valence-electron chi connectivity index (χ0n) is 8.88. The second-order valence-corrected chi connectivity index (χ2v) is 4.01. The first-order chi connectivity index (χ1) is 8.52. The van der Waals surface area contributed by atoms with Gasteiger partial charge in [-0.3, -0.25) is 4.79 Å². The lowest BCUT2D eigenvalue weighted by molar-refractivity contribution is 0.112. The Hall–Kier alpha value is -1.81. The van der Waals surface area contributed by atoms with Crippen LogP contribution in [0.25, 0.3) is 11.1 Å². The standard InChI is InChI=1S/C13H6ClF3O/c14-10-5-13(17)12(16)4-9(10)7-1-2-8(6-18)11(15)3-7/h1-6H. The van der Waals surface area contributed by atoms with Crippen LogP contribution in [0.2, 0.25) is 5.02 Å². The first kappa shape index (κ1) is 12.6. The van der Waals surface area contributed by atoms with Gasteiger partial charge in [0.05, 0.1) is 10.6 Å². The van der Waals surface area contributed by atoms with E-state index in [1.165, 1.54) is 12.1 Å². The number of rotatable bonds is 2. The van der Waals surface area contributed by atoms with Gasteiger partial charge in [0.25, 0.3) is 0 Å². The highest BCUT2D eigenvalue weighted by Gasteiger charge is 2.12. The summed E-state index contributed by atoms with van der Waals surface area (Å²) in [6.07, 6.45) is 0.367. The number of carbonyl (C=O) groups excluding carboxylic acids is 1. The molecule has 92 valence electrons. The summed E-state index contributed by atoms with van der Waals surface area (Å²) in [6.45, 7) is 0. The summed E-state index contributed by atoms with van der Waals surface area (Å²) in [7, 11) is 0. The van der Waals surface area contributed by atoms with E-state index in [-0.39, 0.29) is 21.7 Å². The van der Waals surface area contributed by atoms with Crippen molar-refractivity contribution >= 4 is 17.9 Å². The van der Waals surface area contributed by atoms with Crippen LogP contribution in [-0.2, 0) is 0 Å². The predicted octanol–water partition coefficient (Wildman–Crippen LogP) is 4.24. The summed E-state index contributed by atoms with van der Waals surface area (Å²) >= 11 is 5.76. The maximum Gasteiger partial charge on any atom is 0.160 e. The van der Waals surface area contributed by atoms with Crippen LogP contribution in [0.1, 0.15) is 10.4 Å². The van der Waals surface area contributed by atoms with Crippen LogP contribution >= 0.6 is 11.6 Å². The van der Waals surface area contributed by atoms with Crippen LogP contribution in [0.4, 0.5) is 13.2 Å². The van der Waals surface area contributed by atoms with E-state index in [0.717, 1.165) is 18.2 Å². The molecule has 0 aliphatic heterocycles. The van der Waals surface area contributed by atoms with Crippen molar-refractivity contribution in [3.8, 4) is 11.1 Å². The molecular formula is C13H6ClF3O. The van der Waals surface area contributed by atoms with Crippen LogP contribution in [0.15, 0.2) is 30.3 Å². The second kappa shape index (κ2) is 4.82. The van der Waals surface area contributed by atoms with Gasteiger partial charge in [0.1, 0.15) is 5.82 Å². The topological polar surface area (TPSA) is 17.1 Å². The van der Waals surface area contributed by atoms with Crippen molar-refractivity contribution in [2.75, 3.05) is 0 Å². The monoisotopic (exact) mass is 270 g/mol. The van der Waals surface area contributed by atoms with E-state index in [1.54, 1.807) is 0 Å². The van der Waals surface area contributed by atoms with Crippen LogP contribution in [0, 0.1) is 17.5 Å². The summed E-state index contributed by atoms with van der Waals surface area (Å²) in [5, 5.41) is -0.0350. The van der Waals surface area contributed by atoms with Crippen molar-refractivity contribution in [3.63, 3.8) is 0 Å². The Morgan fingerprint density at radius 3 is 2.22 bits per heavy atom. The highest BCUT2D eigenvalue weighted by Crippen LogP contribution is 2.30. The van der Waals surface area contributed by atoms with E-state index in [0.29, 0.717) is 6.29 Å². The van der Waals surface area contributed by atoms with Gasteiger partial charge in [-0.1, -0.05) is 17.7 Å². The number of hydrogen-bond donors (Lipinski definition) is 0. The third-order valence-electron chi connectivity index (χ3n) is 2.45. The number of hydrogen-bond acceptors (Lipinski definition) is 1. The zero-order chi connectivity index (χ0) is 13.3. The third-order valence-corrected chi connectivity index (χ3v) is 2.76. The van der Waals surface area contributed by atoms with Crippen molar-refractivity contribution < 1.29 is 18.0 Å². The number of benzene rings is 2. The zero-order valence-corrected chi connectivity index (χ0v) is 9.64. The number of carbonyl (C=O) groups is 1. The average Bonchev–Trinajstić information content (AvgIpc) is 2.33. The molecule has 5 heteroatoms. The van der Waals surface area contributed by atoms with E-state index in [2.05, 4.69) is 0 Å². The second-order valence-electron chi connectivity index (χ2n) is 3.60. The Kier molecular flexibility index (Phi) is 3.39. The Morgan fingerprint density at radius 2 is 1.61 bits per heavy atom. The smallest absolute Gasteiger partial charge is 0.160 e. The molecule has 2 aromatic rings. The lowest BCUT2D eigenvalue weighted by Gasteiger charge is -2.06. The molecule has 0 aromatic heterocycles. The Balaban J connectivity index is 2.58. The molecule has 0 saturated carbocycles. The van der Waals surface area contributed by atoms with Gasteiger partial charge < -0.3 is 0 Å². The van der Waals surface area contributed by atoms with Gasteiger partial charge in [-0.05, 0) is 29.8 Å². The van der Waals surface area contributed by atoms with Crippen LogP contribution in [0.3, 0.4) is 0 Å². The minimum atomic E-state index is -1.08. The van der Waals surface area contributed by atoms with E-state index < -0.39 is 17.5 Å². The largest absolute Gasteiger partial charge is 0.298 e. The molecule has 2 aromatic carbocycles. The van der Waals surface area contributed by atoms with Gasteiger partial charge in [-0.2, -0.15) is 0 Å². The lowest BCUT2D eigenvalue weighted by atomic mass is 10.0. The van der Waals surface area contributed by atoms with Gasteiger partial charge >= 0.3 is 0 Å². The third kappa shape index (κ3) is 2.24. The first-order valence-corrected chi connectivity index (χ1v) is 5.30. The molecule has 0 aliphatic carbocycles. The van der Waals surface area contributed by atoms with Gasteiger partial charge in [0.15, 0.2) is 17.9 Å². The van der Waals surface area contributed by atoms with Gasteiger partial charge in [0, 0.05) is 5.56 Å². The molecule has 0 fully saturated rings. The normalized spacial score (nSPS) is 10.4. The van der Waals surface area contributed by atoms with Gasteiger partial charge in [-0.15, -0.1) is 0 Å². The highest BCUT2D eigenvalue weighted by atomic mass is 35.5. The molecular weight excluding hydrogens is 265 g/mol. The molecule has 0 unspecified atom stereocenters. The Morgan fingerprint density at radius 1 is 0.944 bits per heavy atom. The van der Waals surface area contributed by atoms with E-state index in [4.69, 9.17) is 11.6 Å². The van der Waals surface area contributed by atoms with Crippen LogP contribution in [-0.4, -0.2) is 6.29 Å². The van der Waals surface area contributed by atoms with E-state index in [9.17, 15) is 18.0 Å². The molecule has 0 atom stereocenters. The SMILES string of the molecule is O=Cc1ccc(-c2cc(F)c(F)cc2Cl)cc1F. The van der Waals surface area contributed by atoms with E-state index in [1.807, 2.05) is 0 Å². The van der Waals surface area contributed by atoms with Crippen molar-refractivity contribution in [1.29, 1.82) is 0 Å². The molecule has 1 nitrogen and oxygen atoms in total. The fourth-order valence-electron chi connectivity index (χ4n) is 1.53. The summed E-state index contributed by atoms with van der Waals surface area (Å²) < 4.78 is 39.4. The quantitative estimate of drug-likeness (QED) is 0.589. The molecule has 0 spiro atoms. The molecule has 0 amide bonds. The fourth-order valence-corrected chi connectivity index (χ4v) is 1.79. The minimum absolute atomic E-state index is 0.0350. The summed E-state index contributed by atoms with van der Waals surface area (Å²) in [6, 6.07) is 5.40. The van der Waals surface area contributed by atoms with Gasteiger partial charge in [0.2, 0.25) is 0 Å². The molecule has 18 heavy (non-hydrogen) atoms. The fraction of sp³-hybridized carbons (Fsp3) is 0. The van der Waals surface area contributed by atoms with E-state index >= 15 is 0 Å². The maximum absolute atomic E-state index is 13.4. The molecule has 0 N–H and O–H groups in total. The van der Waals surface area contributed by atoms with Crippen molar-refractivity contribution in [2.24, 2.45) is 0 Å². The first-order valence-electron chi connectivity index (χ1n) is 4.92. The molecule has 0 heterocycles. The molecule has 0 bridgehead atoms. The predicted molar refractivity (Wildman–Crippen MR) is 62.1 cm³/mol. The minimum Gasteiger partial charge on any atom is -0.298 e. The molecule has 0 radical (unpaired) electrons. The number of halogens is 4. The number of aldehydes is 1. The Labute approximate surface area is 106 Å². The van der Waals surface area contributed by atoms with Crippen molar-refractivity contribution in [1.82, 2.24) is 0 Å². The summed E-state index contributed by atoms with van der Waals surface area (Å²) in [5.41, 5.74) is 0.311. The van der Waals surface area contributed by atoms with Crippen LogP contribution in [0.5, 0.6) is 0 Å². The molecule has 0 aliphatic rings. The average molecular weight is 271 g/mol. The maximum atomic E-state index is 13.4. The Bertz CT molecular complexity index is 626. The van der Waals surface area contributed by atoms with Gasteiger partial charge in [-0.25, -0.2) is 13.2 Å². The molecule has 0 saturated heterocycles. The lowest BCUT2D eigenvalue weighted by Crippen LogP contribution is -1.91. The summed E-state index contributed by atoms with van der Waals surface area (Å²) in [4.78, 5) is 10.5.